The van der Waals surface area contributed by atoms with Crippen LogP contribution in [-0.2, 0) is 4.74 Å². The Morgan fingerprint density at radius 3 is 2.36 bits per heavy atom. The van der Waals surface area contributed by atoms with Gasteiger partial charge >= 0.3 is 0 Å². The molecule has 2 aliphatic rings. The second-order valence-corrected chi connectivity index (χ2v) is 10.9. The van der Waals surface area contributed by atoms with Gasteiger partial charge in [-0.05, 0) is 88.9 Å². The van der Waals surface area contributed by atoms with E-state index in [0.29, 0.717) is 29.7 Å². The Morgan fingerprint density at radius 2 is 1.85 bits per heavy atom. The van der Waals surface area contributed by atoms with Crippen molar-refractivity contribution in [3.05, 3.63) is 59.1 Å². The first kappa shape index (κ1) is 27.5. The van der Waals surface area contributed by atoms with Crippen LogP contribution >= 0.6 is 0 Å². The highest BCUT2D eigenvalue weighted by atomic mass is 16.5. The van der Waals surface area contributed by atoms with Crippen molar-refractivity contribution in [2.75, 3.05) is 0 Å². The number of allylic oxidation sites excluding steroid dienone is 7. The quantitative estimate of drug-likeness (QED) is 0.396. The highest BCUT2D eigenvalue weighted by molar-refractivity contribution is 5.51. The van der Waals surface area contributed by atoms with E-state index >= 15 is 0 Å². The summed E-state index contributed by atoms with van der Waals surface area (Å²) in [5.74, 6) is 3.29. The summed E-state index contributed by atoms with van der Waals surface area (Å²) in [4.78, 5) is 0. The minimum Gasteiger partial charge on any atom is -0.490 e. The Morgan fingerprint density at radius 1 is 1.18 bits per heavy atom. The Kier molecular flexibility index (Phi) is 9.70. The molecule has 2 heteroatoms. The lowest BCUT2D eigenvalue weighted by atomic mass is 9.49. The molecule has 1 fully saturated rings. The normalized spacial score (nSPS) is 33.2. The Labute approximate surface area is 205 Å². The largest absolute Gasteiger partial charge is 0.490 e. The first-order valence-electron chi connectivity index (χ1n) is 13.4. The zero-order chi connectivity index (χ0) is 24.9. The molecule has 0 aromatic heterocycles. The van der Waals surface area contributed by atoms with Gasteiger partial charge in [0.25, 0.3) is 0 Å². The minimum atomic E-state index is -0.0865. The second-order valence-electron chi connectivity index (χ2n) is 10.9. The monoisotopic (exact) mass is 453 g/mol. The van der Waals surface area contributed by atoms with E-state index in [0.717, 1.165) is 30.7 Å². The minimum absolute atomic E-state index is 0.0865. The molecule has 0 aromatic rings. The van der Waals surface area contributed by atoms with Crippen LogP contribution in [0.3, 0.4) is 0 Å². The van der Waals surface area contributed by atoms with Gasteiger partial charge in [-0.3, -0.25) is 0 Å². The fraction of sp³-hybridized carbons (Fsp3) is 0.677. The lowest BCUT2D eigenvalue weighted by Crippen LogP contribution is -2.59. The van der Waals surface area contributed by atoms with Crippen molar-refractivity contribution in [1.29, 1.82) is 0 Å². The molecule has 0 aromatic carbocycles. The predicted octanol–water partition coefficient (Wildman–Crippen LogP) is 8.74. The highest BCUT2D eigenvalue weighted by Gasteiger charge is 2.58. The number of nitrogens with one attached hydrogen (secondary N) is 1. The standard InChI is InChI=1S/C31H51NO/c1-12-16-29-23(9)31(26(15-4)30(33-29)17-13-2)27(18-21(7)14-3)24(10)32-25(11)28(31)19-22(8)20(5)6/h12,14,16,18,20,22,25-26,28,30,32H,10,13,15,17,19H2,1-9,11H3/b16-12-,21-14-,27-18+. The summed E-state index contributed by atoms with van der Waals surface area (Å²) in [6.45, 7) is 27.6. The van der Waals surface area contributed by atoms with Gasteiger partial charge in [-0.2, -0.15) is 0 Å². The molecular formula is C31H51NO. The lowest BCUT2D eigenvalue weighted by Gasteiger charge is -2.59. The SMILES string of the molecule is C=C1NC(C)C(CC(C)C(C)C)C2(C(C)=C(/C=C\C)OC(CCC)C2CC)/C1=C/C(C)=C\C. The van der Waals surface area contributed by atoms with Gasteiger partial charge in [0.1, 0.15) is 11.9 Å². The second kappa shape index (κ2) is 11.6. The van der Waals surface area contributed by atoms with Crippen molar-refractivity contribution >= 4 is 0 Å². The summed E-state index contributed by atoms with van der Waals surface area (Å²) in [5, 5.41) is 3.81. The first-order chi connectivity index (χ1) is 15.6. The van der Waals surface area contributed by atoms with Crippen molar-refractivity contribution in [1.82, 2.24) is 5.32 Å². The number of rotatable bonds is 8. The predicted molar refractivity (Wildman–Crippen MR) is 145 cm³/mol. The zero-order valence-corrected chi connectivity index (χ0v) is 23.2. The summed E-state index contributed by atoms with van der Waals surface area (Å²) >= 11 is 0. The fourth-order valence-corrected chi connectivity index (χ4v) is 6.39. The molecule has 0 bridgehead atoms. The zero-order valence-electron chi connectivity index (χ0n) is 23.2. The molecule has 0 aliphatic carbocycles. The molecule has 33 heavy (non-hydrogen) atoms. The number of hydrogen-bond acceptors (Lipinski definition) is 2. The maximum atomic E-state index is 6.76. The summed E-state index contributed by atoms with van der Waals surface area (Å²) in [6, 6.07) is 0.359. The van der Waals surface area contributed by atoms with E-state index in [9.17, 15) is 0 Å². The molecule has 1 saturated heterocycles. The fourth-order valence-electron chi connectivity index (χ4n) is 6.39. The van der Waals surface area contributed by atoms with Crippen LogP contribution in [0.15, 0.2) is 59.1 Å². The van der Waals surface area contributed by atoms with Crippen LogP contribution in [-0.4, -0.2) is 12.1 Å². The van der Waals surface area contributed by atoms with Gasteiger partial charge in [0.2, 0.25) is 0 Å². The summed E-state index contributed by atoms with van der Waals surface area (Å²) in [5.41, 5.74) is 5.08. The summed E-state index contributed by atoms with van der Waals surface area (Å²) < 4.78 is 6.76. The molecule has 0 radical (unpaired) electrons. The van der Waals surface area contributed by atoms with E-state index in [1.807, 2.05) is 0 Å². The van der Waals surface area contributed by atoms with Crippen LogP contribution in [0.1, 0.15) is 94.9 Å². The number of hydrogen-bond donors (Lipinski definition) is 1. The highest BCUT2D eigenvalue weighted by Crippen LogP contribution is 2.61. The molecule has 0 saturated carbocycles. The summed E-state index contributed by atoms with van der Waals surface area (Å²) in [6.07, 6.45) is 13.7. The van der Waals surface area contributed by atoms with E-state index in [2.05, 4.69) is 105 Å². The molecule has 6 unspecified atom stereocenters. The maximum absolute atomic E-state index is 6.76. The maximum Gasteiger partial charge on any atom is 0.119 e. The molecule has 2 nitrogen and oxygen atoms in total. The Bertz CT molecular complexity index is 811. The van der Waals surface area contributed by atoms with Crippen molar-refractivity contribution in [2.45, 2.75) is 107 Å². The lowest BCUT2D eigenvalue weighted by molar-refractivity contribution is -0.0497. The van der Waals surface area contributed by atoms with Gasteiger partial charge in [0, 0.05) is 23.1 Å². The van der Waals surface area contributed by atoms with Crippen molar-refractivity contribution < 1.29 is 4.74 Å². The van der Waals surface area contributed by atoms with Gasteiger partial charge in [-0.15, -0.1) is 0 Å². The Balaban J connectivity index is 2.97. The molecule has 1 spiro atoms. The average molecular weight is 454 g/mol. The van der Waals surface area contributed by atoms with Crippen LogP contribution in [0.5, 0.6) is 0 Å². The number of piperidine rings is 1. The van der Waals surface area contributed by atoms with Crippen LogP contribution in [0, 0.1) is 29.1 Å². The van der Waals surface area contributed by atoms with Gasteiger partial charge in [0.15, 0.2) is 0 Å². The van der Waals surface area contributed by atoms with Crippen molar-refractivity contribution in [2.24, 2.45) is 29.1 Å². The van der Waals surface area contributed by atoms with Crippen molar-refractivity contribution in [3.8, 4) is 0 Å². The third kappa shape index (κ3) is 5.20. The smallest absolute Gasteiger partial charge is 0.119 e. The third-order valence-electron chi connectivity index (χ3n) is 8.59. The van der Waals surface area contributed by atoms with Crippen LogP contribution in [0.4, 0.5) is 0 Å². The van der Waals surface area contributed by atoms with E-state index in [4.69, 9.17) is 4.74 Å². The van der Waals surface area contributed by atoms with E-state index in [1.165, 1.54) is 23.1 Å². The Hall–Kier alpha value is -1.70. The van der Waals surface area contributed by atoms with E-state index in [1.54, 1.807) is 0 Å². The van der Waals surface area contributed by atoms with E-state index < -0.39 is 0 Å². The summed E-state index contributed by atoms with van der Waals surface area (Å²) in [7, 11) is 0. The van der Waals surface area contributed by atoms with Gasteiger partial charge in [-0.25, -0.2) is 0 Å². The van der Waals surface area contributed by atoms with Gasteiger partial charge < -0.3 is 10.1 Å². The molecule has 2 heterocycles. The van der Waals surface area contributed by atoms with Crippen LogP contribution in [0.2, 0.25) is 0 Å². The molecule has 6 atom stereocenters. The van der Waals surface area contributed by atoms with Crippen LogP contribution in [0.25, 0.3) is 0 Å². The van der Waals surface area contributed by atoms with Gasteiger partial charge in [0.05, 0.1) is 0 Å². The van der Waals surface area contributed by atoms with Crippen LogP contribution < -0.4 is 5.32 Å². The molecular weight excluding hydrogens is 402 g/mol. The topological polar surface area (TPSA) is 21.3 Å². The molecule has 1 N–H and O–H groups in total. The molecule has 2 aliphatic heterocycles. The van der Waals surface area contributed by atoms with Crippen molar-refractivity contribution in [3.63, 3.8) is 0 Å². The number of ether oxygens (including phenoxy) is 1. The van der Waals surface area contributed by atoms with Gasteiger partial charge in [-0.1, -0.05) is 71.4 Å². The first-order valence-corrected chi connectivity index (χ1v) is 13.4. The average Bonchev–Trinajstić information content (AvgIpc) is 2.77. The third-order valence-corrected chi connectivity index (χ3v) is 8.59. The molecule has 186 valence electrons. The van der Waals surface area contributed by atoms with E-state index in [-0.39, 0.29) is 11.5 Å². The molecule has 0 amide bonds. The molecule has 2 rings (SSSR count).